The van der Waals surface area contributed by atoms with Gasteiger partial charge in [-0.3, -0.25) is 0 Å². The lowest BCUT2D eigenvalue weighted by Gasteiger charge is -2.42. The fourth-order valence-corrected chi connectivity index (χ4v) is 12.6. The number of nitrogens with zero attached hydrogens (tertiary/aromatic N) is 2. The Balaban J connectivity index is 1.12. The van der Waals surface area contributed by atoms with Crippen LogP contribution in [0.15, 0.2) is 191 Å². The predicted molar refractivity (Wildman–Crippen MR) is 279 cm³/mol. The number of aromatic nitrogens is 1. The highest BCUT2D eigenvalue weighted by atomic mass is 32.1. The second kappa shape index (κ2) is 12.9. The van der Waals surface area contributed by atoms with Crippen LogP contribution in [0.5, 0.6) is 0 Å². The highest BCUT2D eigenvalue weighted by molar-refractivity contribution is 7.25. The summed E-state index contributed by atoms with van der Waals surface area (Å²) < 4.78 is 19.1. The molecule has 0 radical (unpaired) electrons. The topological polar surface area (TPSA) is 34.5 Å². The first kappa shape index (κ1) is 36.5. The van der Waals surface area contributed by atoms with Crippen molar-refractivity contribution in [1.29, 1.82) is 0 Å². The highest BCUT2D eigenvalue weighted by Crippen LogP contribution is 2.50. The Morgan fingerprint density at radius 2 is 1.21 bits per heavy atom. The van der Waals surface area contributed by atoms with Crippen molar-refractivity contribution in [3.05, 3.63) is 188 Å². The molecule has 6 heterocycles. The molecule has 2 aliphatic heterocycles. The van der Waals surface area contributed by atoms with E-state index in [-0.39, 0.29) is 12.3 Å². The quantitative estimate of drug-likeness (QED) is 0.166. The van der Waals surface area contributed by atoms with Gasteiger partial charge in [-0.1, -0.05) is 142 Å². The summed E-state index contributed by atoms with van der Waals surface area (Å²) in [4.78, 5) is 2.59. The van der Waals surface area contributed by atoms with E-state index in [4.69, 9.17) is 8.83 Å². The molecule has 2 aliphatic rings. The van der Waals surface area contributed by atoms with Crippen molar-refractivity contribution in [3.8, 4) is 39.3 Å². The number of hydrogen-bond donors (Lipinski definition) is 0. The van der Waals surface area contributed by atoms with Gasteiger partial charge < -0.3 is 18.2 Å². The highest BCUT2D eigenvalue weighted by Gasteiger charge is 2.45. The van der Waals surface area contributed by atoms with E-state index in [2.05, 4.69) is 212 Å². The van der Waals surface area contributed by atoms with Gasteiger partial charge in [0.15, 0.2) is 0 Å². The van der Waals surface area contributed by atoms with Gasteiger partial charge in [0.2, 0.25) is 0 Å². The van der Waals surface area contributed by atoms with Crippen molar-refractivity contribution in [2.75, 3.05) is 4.81 Å². The molecule has 13 aromatic rings. The summed E-state index contributed by atoms with van der Waals surface area (Å²) in [5.41, 5.74) is 18.1. The average molecular weight is 863 g/mol. The molecule has 0 bridgehead atoms. The first-order chi connectivity index (χ1) is 32.4. The number of thiophene rings is 1. The van der Waals surface area contributed by atoms with Gasteiger partial charge in [0.05, 0.1) is 11.0 Å². The third kappa shape index (κ3) is 4.89. The Labute approximate surface area is 384 Å². The van der Waals surface area contributed by atoms with Gasteiger partial charge in [-0.25, -0.2) is 0 Å². The maximum absolute atomic E-state index is 7.18. The second-order valence-corrected chi connectivity index (χ2v) is 20.3. The van der Waals surface area contributed by atoms with Crippen molar-refractivity contribution < 1.29 is 8.83 Å². The number of fused-ring (bicyclic) bond motifs is 15. The molecule has 0 amide bonds. The molecule has 0 N–H and O–H groups in total. The van der Waals surface area contributed by atoms with E-state index >= 15 is 0 Å². The average Bonchev–Trinajstić information content (AvgIpc) is 4.10. The van der Waals surface area contributed by atoms with Crippen LogP contribution in [0.25, 0.3) is 114 Å². The number of furan rings is 2. The summed E-state index contributed by atoms with van der Waals surface area (Å²) in [5, 5.41) is 8.49. The van der Waals surface area contributed by atoms with Crippen LogP contribution in [0.1, 0.15) is 26.3 Å². The summed E-state index contributed by atoms with van der Waals surface area (Å²) in [5.74, 6) is 0.878. The molecular weight excluding hydrogens is 824 g/mol. The van der Waals surface area contributed by atoms with E-state index in [9.17, 15) is 0 Å². The Bertz CT molecular complexity index is 4210. The minimum atomic E-state index is -0.192. The molecule has 0 saturated carbocycles. The lowest BCUT2D eigenvalue weighted by molar-refractivity contribution is 0.590. The van der Waals surface area contributed by atoms with Crippen molar-refractivity contribution in [1.82, 2.24) is 4.57 Å². The number of benzene rings is 9. The molecule has 6 heteroatoms. The van der Waals surface area contributed by atoms with Crippen LogP contribution in [-0.2, 0) is 5.41 Å². The number of para-hydroxylation sites is 1. The summed E-state index contributed by atoms with van der Waals surface area (Å²) in [6, 6.07) is 67.1. The largest absolute Gasteiger partial charge is 0.456 e. The van der Waals surface area contributed by atoms with Gasteiger partial charge in [0, 0.05) is 86.9 Å². The van der Waals surface area contributed by atoms with Crippen LogP contribution < -0.4 is 15.7 Å². The minimum absolute atomic E-state index is 0.00676. The second-order valence-electron chi connectivity index (χ2n) is 19.2. The Kier molecular flexibility index (Phi) is 7.16. The smallest absolute Gasteiger partial charge is 0.333 e. The zero-order valence-electron chi connectivity index (χ0n) is 36.5. The van der Waals surface area contributed by atoms with Crippen molar-refractivity contribution in [2.45, 2.75) is 26.2 Å². The molecule has 0 aliphatic carbocycles. The summed E-state index contributed by atoms with van der Waals surface area (Å²) in [6.07, 6.45) is 0. The SMILES string of the molecule is CC(C)(C)c1ccc(N2B3c4cc5oc(-c6ccccc6)c(-c6ccccc6)c5cc4-n4c5cc6sc7ccccc7c6cc5c5ccc(c3c54)-c3cc4c(cc32)oc2ccccc24)cc1. The zero-order valence-corrected chi connectivity index (χ0v) is 37.3. The van der Waals surface area contributed by atoms with E-state index in [1.807, 2.05) is 11.3 Å². The standard InChI is InChI=1S/C60H39BN2O2S/c1-60(2,3)36-22-24-37(25-23-36)63-49-32-53-44(38-18-10-12-20-51(38)64-53)28-42(49)40-26-27-41-43-29-45-39-19-11-13-21-54(39)66-55(45)33-48(43)62-50-30-46-52(31-47(50)61(63)57(40)58(41)62)65-59(35-16-8-5-9-17-35)56(46)34-14-6-4-7-15-34/h4-33H,1-3H3. The van der Waals surface area contributed by atoms with Crippen LogP contribution in [-0.4, -0.2) is 11.4 Å². The minimum Gasteiger partial charge on any atom is -0.456 e. The molecule has 0 atom stereocenters. The van der Waals surface area contributed by atoms with Crippen molar-refractivity contribution in [3.63, 3.8) is 0 Å². The zero-order chi connectivity index (χ0) is 43.6. The lowest BCUT2D eigenvalue weighted by atomic mass is 9.44. The molecule has 4 aromatic heterocycles. The molecule has 15 rings (SSSR count). The Morgan fingerprint density at radius 3 is 2.02 bits per heavy atom. The van der Waals surface area contributed by atoms with Crippen LogP contribution in [0.2, 0.25) is 0 Å². The fourth-order valence-electron chi connectivity index (χ4n) is 11.5. The lowest BCUT2D eigenvalue weighted by Crippen LogP contribution is -2.60. The molecule has 0 spiro atoms. The molecule has 66 heavy (non-hydrogen) atoms. The van der Waals surface area contributed by atoms with Crippen LogP contribution in [0, 0.1) is 0 Å². The van der Waals surface area contributed by atoms with Gasteiger partial charge in [-0.05, 0) is 87.6 Å². The molecule has 310 valence electrons. The van der Waals surface area contributed by atoms with Gasteiger partial charge in [-0.15, -0.1) is 11.3 Å². The third-order valence-corrected chi connectivity index (χ3v) is 15.7. The van der Waals surface area contributed by atoms with Crippen molar-refractivity contribution >= 4 is 115 Å². The number of rotatable bonds is 3. The number of anilines is 2. The van der Waals surface area contributed by atoms with Gasteiger partial charge in [0.25, 0.3) is 0 Å². The molecular formula is C60H39BN2O2S. The molecule has 0 unspecified atom stereocenters. The van der Waals surface area contributed by atoms with E-state index in [0.29, 0.717) is 0 Å². The normalized spacial score (nSPS) is 13.3. The monoisotopic (exact) mass is 862 g/mol. The van der Waals surface area contributed by atoms with E-state index in [1.54, 1.807) is 0 Å². The molecule has 0 fully saturated rings. The summed E-state index contributed by atoms with van der Waals surface area (Å²) >= 11 is 1.88. The van der Waals surface area contributed by atoms with Gasteiger partial charge in [0.1, 0.15) is 22.5 Å². The maximum atomic E-state index is 7.18. The summed E-state index contributed by atoms with van der Waals surface area (Å²) in [7, 11) is 0. The number of hydrogen-bond acceptors (Lipinski definition) is 4. The first-order valence-corrected chi connectivity index (χ1v) is 23.7. The van der Waals surface area contributed by atoms with E-state index < -0.39 is 0 Å². The molecule has 9 aromatic carbocycles. The maximum Gasteiger partial charge on any atom is 0.333 e. The van der Waals surface area contributed by atoms with Crippen LogP contribution in [0.3, 0.4) is 0 Å². The first-order valence-electron chi connectivity index (χ1n) is 22.9. The van der Waals surface area contributed by atoms with Gasteiger partial charge in [-0.2, -0.15) is 0 Å². The third-order valence-electron chi connectivity index (χ3n) is 14.5. The fraction of sp³-hybridized carbons (Fsp3) is 0.0667. The Hall–Kier alpha value is -7.80. The summed E-state index contributed by atoms with van der Waals surface area (Å²) in [6.45, 7) is 6.67. The molecule has 0 saturated heterocycles. The molecule has 4 nitrogen and oxygen atoms in total. The van der Waals surface area contributed by atoms with E-state index in [1.165, 1.54) is 75.3 Å². The van der Waals surface area contributed by atoms with Crippen LogP contribution in [0.4, 0.5) is 11.4 Å². The van der Waals surface area contributed by atoms with Crippen LogP contribution >= 0.6 is 11.3 Å². The van der Waals surface area contributed by atoms with E-state index in [0.717, 1.165) is 66.7 Å². The van der Waals surface area contributed by atoms with Crippen molar-refractivity contribution in [2.24, 2.45) is 0 Å². The predicted octanol–water partition coefficient (Wildman–Crippen LogP) is 15.7. The Morgan fingerprint density at radius 1 is 0.485 bits per heavy atom. The van der Waals surface area contributed by atoms with Gasteiger partial charge >= 0.3 is 6.85 Å².